The van der Waals surface area contributed by atoms with Crippen molar-refractivity contribution in [1.29, 1.82) is 0 Å². The van der Waals surface area contributed by atoms with Gasteiger partial charge in [-0.05, 0) is 31.5 Å². The van der Waals surface area contributed by atoms with Gasteiger partial charge in [0.2, 0.25) is 0 Å². The SMILES string of the molecule is CC(C)(C)[Si](C)(C)OCC[C@H]1O[C@@]2(C)CO[C@H](c3ccccc3)O[C@@H]2CCC1=O. The number of Topliss-reactive ketones (excluding diaryl/α,β-unsaturated/α-hetero) is 1. The monoisotopic (exact) mass is 420 g/mol. The van der Waals surface area contributed by atoms with Gasteiger partial charge < -0.3 is 18.6 Å². The molecule has 2 aliphatic heterocycles. The smallest absolute Gasteiger partial charge is 0.191 e. The molecule has 0 aromatic heterocycles. The first kappa shape index (κ1) is 22.6. The quantitative estimate of drug-likeness (QED) is 0.626. The molecule has 0 amide bonds. The van der Waals surface area contributed by atoms with E-state index in [-0.39, 0.29) is 16.9 Å². The predicted octanol–water partition coefficient (Wildman–Crippen LogP) is 5.02. The number of carbonyl (C=O) groups is 1. The van der Waals surface area contributed by atoms with Crippen molar-refractivity contribution in [2.75, 3.05) is 13.2 Å². The van der Waals surface area contributed by atoms with Gasteiger partial charge in [-0.25, -0.2) is 0 Å². The third kappa shape index (κ3) is 5.17. The maximum atomic E-state index is 12.7. The summed E-state index contributed by atoms with van der Waals surface area (Å²) in [6.07, 6.45) is 0.655. The fourth-order valence-electron chi connectivity index (χ4n) is 3.62. The Hall–Kier alpha value is -1.05. The maximum absolute atomic E-state index is 12.7. The predicted molar refractivity (Wildman–Crippen MR) is 115 cm³/mol. The van der Waals surface area contributed by atoms with Crippen molar-refractivity contribution in [2.45, 2.75) is 89.2 Å². The number of carbonyl (C=O) groups excluding carboxylic acids is 1. The minimum Gasteiger partial charge on any atom is -0.417 e. The van der Waals surface area contributed by atoms with Crippen LogP contribution in [0.15, 0.2) is 30.3 Å². The lowest BCUT2D eigenvalue weighted by Gasteiger charge is -2.44. The van der Waals surface area contributed by atoms with Gasteiger partial charge in [0.05, 0.1) is 12.7 Å². The second kappa shape index (κ2) is 8.59. The molecule has 2 saturated heterocycles. The molecule has 0 saturated carbocycles. The van der Waals surface area contributed by atoms with E-state index in [0.717, 1.165) is 5.56 Å². The first-order valence-electron chi connectivity index (χ1n) is 10.7. The summed E-state index contributed by atoms with van der Waals surface area (Å²) < 4.78 is 24.8. The average Bonchev–Trinajstić information content (AvgIpc) is 2.77. The highest BCUT2D eigenvalue weighted by Crippen LogP contribution is 2.39. The largest absolute Gasteiger partial charge is 0.417 e. The molecule has 2 fully saturated rings. The number of ether oxygens (including phenoxy) is 3. The molecular formula is C23H36O5Si. The average molecular weight is 421 g/mol. The number of fused-ring (bicyclic) bond motifs is 1. The van der Waals surface area contributed by atoms with E-state index in [1.165, 1.54) is 0 Å². The Labute approximate surface area is 176 Å². The van der Waals surface area contributed by atoms with Crippen molar-refractivity contribution >= 4 is 14.1 Å². The van der Waals surface area contributed by atoms with Crippen LogP contribution in [0.3, 0.4) is 0 Å². The van der Waals surface area contributed by atoms with Crippen LogP contribution >= 0.6 is 0 Å². The van der Waals surface area contributed by atoms with Crippen LogP contribution < -0.4 is 0 Å². The van der Waals surface area contributed by atoms with Gasteiger partial charge in [-0.3, -0.25) is 4.79 Å². The topological polar surface area (TPSA) is 54.0 Å². The molecular weight excluding hydrogens is 384 g/mol. The number of hydrogen-bond donors (Lipinski definition) is 0. The van der Waals surface area contributed by atoms with Gasteiger partial charge in [0.25, 0.3) is 0 Å². The molecule has 2 aliphatic rings. The van der Waals surface area contributed by atoms with Gasteiger partial charge in [-0.1, -0.05) is 51.1 Å². The number of ketones is 1. The summed E-state index contributed by atoms with van der Waals surface area (Å²) in [5.74, 6) is 0.138. The standard InChI is InChI=1S/C23H36O5Si/c1-22(2,3)29(5,6)26-15-14-19-18(24)12-13-20-23(4,28-19)16-25-21(27-20)17-10-8-7-9-11-17/h7-11,19-21H,12-16H2,1-6H3/t19-,20-,21+,23+/m1/s1. The third-order valence-corrected chi connectivity index (χ3v) is 11.2. The molecule has 0 aliphatic carbocycles. The van der Waals surface area contributed by atoms with Gasteiger partial charge >= 0.3 is 0 Å². The van der Waals surface area contributed by atoms with E-state index in [1.807, 2.05) is 37.3 Å². The van der Waals surface area contributed by atoms with Crippen LogP contribution in [0.2, 0.25) is 18.1 Å². The zero-order chi connectivity index (χ0) is 21.3. The van der Waals surface area contributed by atoms with Crippen molar-refractivity contribution in [3.8, 4) is 0 Å². The molecule has 1 aromatic carbocycles. The van der Waals surface area contributed by atoms with Crippen LogP contribution in [-0.2, 0) is 23.4 Å². The van der Waals surface area contributed by atoms with Crippen LogP contribution in [-0.4, -0.2) is 45.1 Å². The first-order chi connectivity index (χ1) is 13.5. The van der Waals surface area contributed by atoms with Crippen LogP contribution in [0.1, 0.15) is 58.8 Å². The first-order valence-corrected chi connectivity index (χ1v) is 13.6. The lowest BCUT2D eigenvalue weighted by Crippen LogP contribution is -2.53. The van der Waals surface area contributed by atoms with Crippen molar-refractivity contribution in [3.63, 3.8) is 0 Å². The van der Waals surface area contributed by atoms with Crippen LogP contribution in [0.25, 0.3) is 0 Å². The minimum absolute atomic E-state index is 0.138. The molecule has 0 radical (unpaired) electrons. The molecule has 0 unspecified atom stereocenters. The minimum atomic E-state index is -1.84. The number of hydrogen-bond acceptors (Lipinski definition) is 5. The molecule has 6 heteroatoms. The van der Waals surface area contributed by atoms with Crippen molar-refractivity contribution in [2.24, 2.45) is 0 Å². The van der Waals surface area contributed by atoms with Crippen LogP contribution in [0.4, 0.5) is 0 Å². The Kier molecular flexibility index (Phi) is 6.71. The Morgan fingerprint density at radius 1 is 1.21 bits per heavy atom. The highest BCUT2D eigenvalue weighted by Gasteiger charge is 2.48. The summed E-state index contributed by atoms with van der Waals surface area (Å²) in [5, 5.41) is 0.149. The second-order valence-electron chi connectivity index (χ2n) is 10.00. The molecule has 1 aromatic rings. The van der Waals surface area contributed by atoms with Gasteiger partial charge in [0.1, 0.15) is 11.7 Å². The summed E-state index contributed by atoms with van der Waals surface area (Å²) in [6, 6.07) is 9.91. The molecule has 2 heterocycles. The van der Waals surface area contributed by atoms with Gasteiger partial charge in [-0.2, -0.15) is 0 Å². The van der Waals surface area contributed by atoms with E-state index < -0.39 is 26.3 Å². The lowest BCUT2D eigenvalue weighted by molar-refractivity contribution is -0.303. The fraction of sp³-hybridized carbons (Fsp3) is 0.696. The van der Waals surface area contributed by atoms with E-state index in [2.05, 4.69) is 33.9 Å². The van der Waals surface area contributed by atoms with Gasteiger partial charge in [-0.15, -0.1) is 0 Å². The van der Waals surface area contributed by atoms with E-state index in [4.69, 9.17) is 18.6 Å². The van der Waals surface area contributed by atoms with Gasteiger partial charge in [0.15, 0.2) is 20.4 Å². The van der Waals surface area contributed by atoms with Crippen LogP contribution in [0, 0.1) is 0 Å². The van der Waals surface area contributed by atoms with Crippen molar-refractivity contribution in [1.82, 2.24) is 0 Å². The summed E-state index contributed by atoms with van der Waals surface area (Å²) >= 11 is 0. The maximum Gasteiger partial charge on any atom is 0.191 e. The van der Waals surface area contributed by atoms with Crippen molar-refractivity contribution < 1.29 is 23.4 Å². The summed E-state index contributed by atoms with van der Waals surface area (Å²) in [4.78, 5) is 12.7. The summed E-state index contributed by atoms with van der Waals surface area (Å²) in [7, 11) is -1.84. The molecule has 4 atom stereocenters. The van der Waals surface area contributed by atoms with Gasteiger partial charge in [0, 0.05) is 25.0 Å². The zero-order valence-corrected chi connectivity index (χ0v) is 19.7. The van der Waals surface area contributed by atoms with E-state index in [0.29, 0.717) is 32.5 Å². The van der Waals surface area contributed by atoms with E-state index in [9.17, 15) is 4.79 Å². The highest BCUT2D eigenvalue weighted by atomic mass is 28.4. The summed E-state index contributed by atoms with van der Waals surface area (Å²) in [6.45, 7) is 14.1. The highest BCUT2D eigenvalue weighted by molar-refractivity contribution is 6.74. The normalized spacial score (nSPS) is 31.2. The second-order valence-corrected chi connectivity index (χ2v) is 14.8. The van der Waals surface area contributed by atoms with E-state index >= 15 is 0 Å². The molecule has 5 nitrogen and oxygen atoms in total. The molecule has 0 N–H and O–H groups in total. The molecule has 0 bridgehead atoms. The summed E-state index contributed by atoms with van der Waals surface area (Å²) in [5.41, 5.74) is 0.364. The molecule has 0 spiro atoms. The fourth-order valence-corrected chi connectivity index (χ4v) is 4.68. The third-order valence-electron chi connectivity index (χ3n) is 6.63. The lowest BCUT2D eigenvalue weighted by atomic mass is 9.95. The Balaban J connectivity index is 1.62. The van der Waals surface area contributed by atoms with Crippen molar-refractivity contribution in [3.05, 3.63) is 35.9 Å². The Bertz CT molecular complexity index is 699. The van der Waals surface area contributed by atoms with E-state index in [1.54, 1.807) is 0 Å². The molecule has 162 valence electrons. The number of benzene rings is 1. The molecule has 3 rings (SSSR count). The number of rotatable bonds is 5. The van der Waals surface area contributed by atoms with Crippen LogP contribution in [0.5, 0.6) is 0 Å². The Morgan fingerprint density at radius 3 is 2.55 bits per heavy atom. The molecule has 29 heavy (non-hydrogen) atoms. The Morgan fingerprint density at radius 2 is 1.90 bits per heavy atom. The zero-order valence-electron chi connectivity index (χ0n) is 18.7.